The maximum atomic E-state index is 11.9. The Morgan fingerprint density at radius 3 is 2.37 bits per heavy atom. The molecule has 0 saturated heterocycles. The van der Waals surface area contributed by atoms with Crippen molar-refractivity contribution in [3.05, 3.63) is 60.2 Å². The monoisotopic (exact) mass is 424 g/mol. The van der Waals surface area contributed by atoms with Crippen molar-refractivity contribution in [1.29, 1.82) is 0 Å². The zero-order valence-electron chi connectivity index (χ0n) is 17.4. The number of rotatable bonds is 8. The molecular formula is C24H24O5S. The van der Waals surface area contributed by atoms with Crippen molar-refractivity contribution in [2.24, 2.45) is 0 Å². The minimum absolute atomic E-state index is 0.326. The smallest absolute Gasteiger partial charge is 0.338 e. The van der Waals surface area contributed by atoms with Gasteiger partial charge in [-0.3, -0.25) is 0 Å². The topological polar surface area (TPSA) is 61.8 Å². The Bertz CT molecular complexity index is 1160. The molecule has 0 radical (unpaired) electrons. The third kappa shape index (κ3) is 4.54. The Labute approximate surface area is 179 Å². The van der Waals surface area contributed by atoms with Crippen molar-refractivity contribution >= 4 is 43.4 Å². The first-order valence-electron chi connectivity index (χ1n) is 9.54. The summed E-state index contributed by atoms with van der Waals surface area (Å²) in [5.41, 5.74) is 1.89. The number of carbonyl (C=O) groups excluding carboxylic acids is 2. The number of hydrogen-bond acceptors (Lipinski definition) is 6. The van der Waals surface area contributed by atoms with Crippen molar-refractivity contribution in [2.45, 2.75) is 26.7 Å². The second-order valence-electron chi connectivity index (χ2n) is 7.10. The Morgan fingerprint density at radius 1 is 1.00 bits per heavy atom. The summed E-state index contributed by atoms with van der Waals surface area (Å²) in [5, 5.41) is 2.16. The van der Waals surface area contributed by atoms with Crippen LogP contribution in [-0.4, -0.2) is 25.7 Å². The van der Waals surface area contributed by atoms with E-state index in [1.807, 2.05) is 6.07 Å². The predicted octanol–water partition coefficient (Wildman–Crippen LogP) is 5.60. The molecule has 0 amide bonds. The molecular weight excluding hydrogens is 400 g/mol. The fraction of sp³-hybridized carbons (Fsp3) is 0.250. The van der Waals surface area contributed by atoms with Crippen LogP contribution in [-0.2, 0) is 20.7 Å². The summed E-state index contributed by atoms with van der Waals surface area (Å²) in [6.45, 7) is 10.8. The lowest BCUT2D eigenvalue weighted by molar-refractivity contribution is -0.139. The minimum Gasteiger partial charge on any atom is -0.491 e. The van der Waals surface area contributed by atoms with Crippen LogP contribution in [0.15, 0.2) is 54.6 Å². The Hall–Kier alpha value is -3.12. The van der Waals surface area contributed by atoms with E-state index in [1.54, 1.807) is 38.4 Å². The number of methoxy groups -OCH3 is 1. The van der Waals surface area contributed by atoms with E-state index in [0.717, 1.165) is 38.6 Å². The molecule has 0 aliphatic carbocycles. The second-order valence-corrected chi connectivity index (χ2v) is 8.15. The van der Waals surface area contributed by atoms with E-state index in [9.17, 15) is 9.59 Å². The first-order chi connectivity index (χ1) is 14.3. The van der Waals surface area contributed by atoms with E-state index >= 15 is 0 Å². The number of thiophene rings is 1. The molecule has 6 heteroatoms. The standard InChI is InChI=1S/C24H24O5S/c1-14(2)23(25)28-12-6-7-16-8-9-17-18-10-11-19(29-24(26)15(3)4)21(27-5)22(18)30-20(17)13-16/h8-11,13H,1,3,6-7,12H2,2,4-5H3. The molecule has 1 heterocycles. The fourth-order valence-electron chi connectivity index (χ4n) is 3.02. The van der Waals surface area contributed by atoms with Crippen LogP contribution < -0.4 is 9.47 Å². The van der Waals surface area contributed by atoms with Crippen LogP contribution in [0.5, 0.6) is 11.5 Å². The van der Waals surface area contributed by atoms with E-state index in [4.69, 9.17) is 14.2 Å². The molecule has 5 nitrogen and oxygen atoms in total. The molecule has 30 heavy (non-hydrogen) atoms. The van der Waals surface area contributed by atoms with E-state index in [0.29, 0.717) is 29.3 Å². The molecule has 0 saturated carbocycles. The zero-order chi connectivity index (χ0) is 21.8. The van der Waals surface area contributed by atoms with Gasteiger partial charge in [0, 0.05) is 26.6 Å². The van der Waals surface area contributed by atoms with Gasteiger partial charge in [0.1, 0.15) is 0 Å². The Morgan fingerprint density at radius 2 is 1.70 bits per heavy atom. The molecule has 3 rings (SSSR count). The Kier molecular flexibility index (Phi) is 6.57. The summed E-state index contributed by atoms with van der Waals surface area (Å²) in [5.74, 6) is 0.0780. The van der Waals surface area contributed by atoms with Gasteiger partial charge < -0.3 is 14.2 Å². The van der Waals surface area contributed by atoms with Gasteiger partial charge >= 0.3 is 11.9 Å². The highest BCUT2D eigenvalue weighted by Crippen LogP contribution is 2.44. The van der Waals surface area contributed by atoms with Gasteiger partial charge in [-0.25, -0.2) is 9.59 Å². The van der Waals surface area contributed by atoms with Crippen LogP contribution in [0, 0.1) is 0 Å². The van der Waals surface area contributed by atoms with Gasteiger partial charge in [-0.1, -0.05) is 25.3 Å². The normalized spacial score (nSPS) is 10.8. The summed E-state index contributed by atoms with van der Waals surface area (Å²) in [7, 11) is 1.56. The number of esters is 2. The molecule has 0 aliphatic heterocycles. The van der Waals surface area contributed by atoms with Crippen molar-refractivity contribution < 1.29 is 23.8 Å². The van der Waals surface area contributed by atoms with Gasteiger partial charge in [0.05, 0.1) is 18.4 Å². The summed E-state index contributed by atoms with van der Waals surface area (Å²) in [6.07, 6.45) is 1.53. The average Bonchev–Trinajstić information content (AvgIpc) is 3.08. The third-order valence-electron chi connectivity index (χ3n) is 4.57. The number of carbonyl (C=O) groups is 2. The van der Waals surface area contributed by atoms with E-state index in [-0.39, 0.29) is 5.97 Å². The molecule has 1 aromatic heterocycles. The van der Waals surface area contributed by atoms with Crippen molar-refractivity contribution in [3.8, 4) is 11.5 Å². The molecule has 0 unspecified atom stereocenters. The van der Waals surface area contributed by atoms with Crippen LogP contribution >= 0.6 is 11.3 Å². The number of aryl methyl sites for hydroxylation is 1. The lowest BCUT2D eigenvalue weighted by Crippen LogP contribution is -2.08. The minimum atomic E-state index is -0.483. The van der Waals surface area contributed by atoms with Crippen LogP contribution in [0.4, 0.5) is 0 Å². The zero-order valence-corrected chi connectivity index (χ0v) is 18.2. The lowest BCUT2D eigenvalue weighted by Gasteiger charge is -2.09. The second kappa shape index (κ2) is 9.13. The largest absolute Gasteiger partial charge is 0.491 e. The number of fused-ring (bicyclic) bond motifs is 3. The van der Waals surface area contributed by atoms with Gasteiger partial charge in [-0.05, 0) is 50.5 Å². The van der Waals surface area contributed by atoms with Gasteiger partial charge in [0.25, 0.3) is 0 Å². The predicted molar refractivity (Wildman–Crippen MR) is 120 cm³/mol. The lowest BCUT2D eigenvalue weighted by atomic mass is 10.1. The van der Waals surface area contributed by atoms with Crippen molar-refractivity contribution in [2.75, 3.05) is 13.7 Å². The summed E-state index contributed by atoms with van der Waals surface area (Å²) < 4.78 is 18.2. The average molecular weight is 425 g/mol. The van der Waals surface area contributed by atoms with Crippen molar-refractivity contribution in [1.82, 2.24) is 0 Å². The first-order valence-corrected chi connectivity index (χ1v) is 10.4. The number of ether oxygens (including phenoxy) is 3. The van der Waals surface area contributed by atoms with Gasteiger partial charge in [-0.15, -0.1) is 11.3 Å². The maximum absolute atomic E-state index is 11.9. The van der Waals surface area contributed by atoms with Gasteiger partial charge in [-0.2, -0.15) is 0 Å². The van der Waals surface area contributed by atoms with Gasteiger partial charge in [0.15, 0.2) is 11.5 Å². The van der Waals surface area contributed by atoms with Crippen molar-refractivity contribution in [3.63, 3.8) is 0 Å². The molecule has 0 spiro atoms. The molecule has 3 aromatic rings. The molecule has 0 N–H and O–H groups in total. The van der Waals surface area contributed by atoms with E-state index in [2.05, 4.69) is 31.4 Å². The quantitative estimate of drug-likeness (QED) is 0.204. The molecule has 0 aliphatic rings. The van der Waals surface area contributed by atoms with E-state index < -0.39 is 5.97 Å². The highest BCUT2D eigenvalue weighted by molar-refractivity contribution is 7.26. The molecule has 156 valence electrons. The van der Waals surface area contributed by atoms with E-state index in [1.165, 1.54) is 0 Å². The molecule has 0 atom stereocenters. The summed E-state index contributed by atoms with van der Waals surface area (Å²) in [6, 6.07) is 9.99. The van der Waals surface area contributed by atoms with Crippen LogP contribution in [0.3, 0.4) is 0 Å². The fourth-order valence-corrected chi connectivity index (χ4v) is 4.30. The molecule has 2 aromatic carbocycles. The van der Waals surface area contributed by atoms with Crippen LogP contribution in [0.2, 0.25) is 0 Å². The number of hydrogen-bond donors (Lipinski definition) is 0. The summed E-state index contributed by atoms with van der Waals surface area (Å²) in [4.78, 5) is 23.4. The molecule has 0 bridgehead atoms. The Balaban J connectivity index is 1.84. The van der Waals surface area contributed by atoms with Gasteiger partial charge in [0.2, 0.25) is 0 Å². The SMILES string of the molecule is C=C(C)C(=O)OCCCc1ccc2c(c1)sc1c(OC)c(OC(=O)C(=C)C)ccc12. The van der Waals surface area contributed by atoms with Crippen LogP contribution in [0.25, 0.3) is 20.2 Å². The molecule has 0 fully saturated rings. The third-order valence-corrected chi connectivity index (χ3v) is 5.74. The summed E-state index contributed by atoms with van der Waals surface area (Å²) >= 11 is 1.59. The van der Waals surface area contributed by atoms with Crippen LogP contribution in [0.1, 0.15) is 25.8 Å². The highest BCUT2D eigenvalue weighted by Gasteiger charge is 2.17. The first kappa shape index (κ1) is 21.6. The highest BCUT2D eigenvalue weighted by atomic mass is 32.1. The maximum Gasteiger partial charge on any atom is 0.338 e. The number of benzene rings is 2.